The molecule has 0 aromatic carbocycles. The fourth-order valence-corrected chi connectivity index (χ4v) is 6.22. The maximum absolute atomic E-state index is 10.8. The van der Waals surface area contributed by atoms with Gasteiger partial charge in [-0.25, -0.2) is 0 Å². The summed E-state index contributed by atoms with van der Waals surface area (Å²) in [5, 5.41) is 20.8. The van der Waals surface area contributed by atoms with Crippen molar-refractivity contribution in [1.82, 2.24) is 0 Å². The number of aliphatic hydroxyl groups excluding tert-OH is 1. The van der Waals surface area contributed by atoms with E-state index in [4.69, 9.17) is 0 Å². The Balaban J connectivity index is 2.26. The molecule has 2 nitrogen and oxygen atoms in total. The van der Waals surface area contributed by atoms with Gasteiger partial charge in [0, 0.05) is 6.42 Å². The van der Waals surface area contributed by atoms with Crippen LogP contribution in [-0.4, -0.2) is 21.9 Å². The van der Waals surface area contributed by atoms with Crippen LogP contribution >= 0.6 is 0 Å². The largest absolute Gasteiger partial charge is 0.393 e. The van der Waals surface area contributed by atoms with E-state index in [2.05, 4.69) is 39.5 Å². The fraction of sp³-hybridized carbons (Fsp3) is 0.920. The SMILES string of the molecule is CC(C)CCCC(C)(CC#CC(C)(C)O)[C@H]1CCC2C(O)CCCCC21C. The van der Waals surface area contributed by atoms with E-state index in [-0.39, 0.29) is 16.9 Å². The van der Waals surface area contributed by atoms with Crippen LogP contribution in [0.15, 0.2) is 0 Å². The number of aliphatic hydroxyl groups is 2. The number of hydrogen-bond donors (Lipinski definition) is 2. The first-order chi connectivity index (χ1) is 12.5. The van der Waals surface area contributed by atoms with Crippen molar-refractivity contribution in [3.05, 3.63) is 0 Å². The van der Waals surface area contributed by atoms with Gasteiger partial charge in [0.15, 0.2) is 0 Å². The van der Waals surface area contributed by atoms with Crippen molar-refractivity contribution in [3.8, 4) is 11.8 Å². The predicted octanol–water partition coefficient (Wildman–Crippen LogP) is 5.95. The van der Waals surface area contributed by atoms with Crippen LogP contribution in [0, 0.1) is 40.4 Å². The molecule has 0 radical (unpaired) electrons. The van der Waals surface area contributed by atoms with Gasteiger partial charge in [-0.2, -0.15) is 0 Å². The minimum Gasteiger partial charge on any atom is -0.393 e. The van der Waals surface area contributed by atoms with Crippen molar-refractivity contribution in [1.29, 1.82) is 0 Å². The number of fused-ring (bicyclic) bond motifs is 1. The molecule has 0 amide bonds. The molecule has 0 heterocycles. The molecule has 27 heavy (non-hydrogen) atoms. The Morgan fingerprint density at radius 3 is 2.44 bits per heavy atom. The minimum absolute atomic E-state index is 0.120. The van der Waals surface area contributed by atoms with Gasteiger partial charge >= 0.3 is 0 Å². The van der Waals surface area contributed by atoms with Crippen LogP contribution in [0.1, 0.15) is 106 Å². The summed E-state index contributed by atoms with van der Waals surface area (Å²) in [6.07, 6.45) is 11.5. The van der Waals surface area contributed by atoms with Gasteiger partial charge in [-0.15, -0.1) is 0 Å². The molecule has 0 aliphatic heterocycles. The third-order valence-corrected chi connectivity index (χ3v) is 7.60. The minimum atomic E-state index is -0.917. The van der Waals surface area contributed by atoms with Crippen LogP contribution < -0.4 is 0 Å². The predicted molar refractivity (Wildman–Crippen MR) is 114 cm³/mol. The monoisotopic (exact) mass is 376 g/mol. The van der Waals surface area contributed by atoms with Crippen molar-refractivity contribution in [3.63, 3.8) is 0 Å². The third kappa shape index (κ3) is 5.74. The molecule has 2 fully saturated rings. The molecule has 2 aliphatic carbocycles. The maximum Gasteiger partial charge on any atom is 0.119 e. The summed E-state index contributed by atoms with van der Waals surface area (Å²) in [6.45, 7) is 13.1. The van der Waals surface area contributed by atoms with E-state index < -0.39 is 5.60 Å². The average molecular weight is 377 g/mol. The Hall–Kier alpha value is -0.520. The van der Waals surface area contributed by atoms with E-state index >= 15 is 0 Å². The summed E-state index contributed by atoms with van der Waals surface area (Å²) in [7, 11) is 0. The lowest BCUT2D eigenvalue weighted by Gasteiger charge is -2.47. The average Bonchev–Trinajstić information content (AvgIpc) is 2.81. The lowest BCUT2D eigenvalue weighted by molar-refractivity contribution is -0.0105. The highest BCUT2D eigenvalue weighted by molar-refractivity contribution is 5.14. The van der Waals surface area contributed by atoms with Crippen molar-refractivity contribution in [2.45, 2.75) is 117 Å². The van der Waals surface area contributed by atoms with Gasteiger partial charge in [-0.05, 0) is 74.5 Å². The Bertz CT molecular complexity index is 535. The summed E-state index contributed by atoms with van der Waals surface area (Å²) < 4.78 is 0. The Labute approximate surface area is 168 Å². The van der Waals surface area contributed by atoms with Crippen LogP contribution in [0.3, 0.4) is 0 Å². The molecular formula is C25H44O2. The van der Waals surface area contributed by atoms with E-state index in [0.717, 1.165) is 18.8 Å². The molecule has 4 unspecified atom stereocenters. The van der Waals surface area contributed by atoms with Gasteiger partial charge in [0.25, 0.3) is 0 Å². The van der Waals surface area contributed by atoms with E-state index in [1.54, 1.807) is 13.8 Å². The standard InChI is InChI=1S/C25H44O2/c1-19(2)11-9-16-24(5,17-10-15-23(3,4)27)22-14-13-20-21(26)12-7-8-18-25(20,22)6/h19-22,26-27H,7-9,11-14,16-18H2,1-6H3/t20?,21?,22-,24?,25?/m1/s1. The molecule has 5 atom stereocenters. The molecule has 0 aromatic rings. The molecule has 2 saturated carbocycles. The van der Waals surface area contributed by atoms with E-state index in [1.807, 2.05) is 0 Å². The number of rotatable bonds is 6. The molecule has 156 valence electrons. The smallest absolute Gasteiger partial charge is 0.119 e. The normalized spacial score (nSPS) is 33.7. The van der Waals surface area contributed by atoms with Gasteiger partial charge in [0.05, 0.1) is 6.10 Å². The zero-order valence-corrected chi connectivity index (χ0v) is 18.8. The van der Waals surface area contributed by atoms with Crippen LogP contribution in [0.4, 0.5) is 0 Å². The van der Waals surface area contributed by atoms with Crippen LogP contribution in [0.5, 0.6) is 0 Å². The molecule has 2 heteroatoms. The van der Waals surface area contributed by atoms with Crippen LogP contribution in [0.25, 0.3) is 0 Å². The van der Waals surface area contributed by atoms with Crippen molar-refractivity contribution >= 4 is 0 Å². The highest BCUT2D eigenvalue weighted by atomic mass is 16.3. The van der Waals surface area contributed by atoms with Crippen LogP contribution in [0.2, 0.25) is 0 Å². The molecule has 0 aromatic heterocycles. The van der Waals surface area contributed by atoms with Crippen LogP contribution in [-0.2, 0) is 0 Å². The fourth-order valence-electron chi connectivity index (χ4n) is 6.22. The second-order valence-corrected chi connectivity index (χ2v) is 11.0. The summed E-state index contributed by atoms with van der Waals surface area (Å²) >= 11 is 0. The Kier molecular flexibility index (Phi) is 7.48. The molecule has 2 rings (SSSR count). The third-order valence-electron chi connectivity index (χ3n) is 7.60. The van der Waals surface area contributed by atoms with E-state index in [0.29, 0.717) is 11.8 Å². The topological polar surface area (TPSA) is 40.5 Å². The van der Waals surface area contributed by atoms with Gasteiger partial charge in [0.1, 0.15) is 5.60 Å². The van der Waals surface area contributed by atoms with Gasteiger partial charge in [-0.1, -0.05) is 65.2 Å². The first-order valence-electron chi connectivity index (χ1n) is 11.4. The zero-order valence-electron chi connectivity index (χ0n) is 18.8. The highest BCUT2D eigenvalue weighted by Gasteiger charge is 2.55. The van der Waals surface area contributed by atoms with Crippen molar-refractivity contribution in [2.24, 2.45) is 28.6 Å². The van der Waals surface area contributed by atoms with Crippen molar-refractivity contribution < 1.29 is 10.2 Å². The highest BCUT2D eigenvalue weighted by Crippen LogP contribution is 2.61. The van der Waals surface area contributed by atoms with Gasteiger partial charge < -0.3 is 10.2 Å². The molecule has 0 spiro atoms. The first kappa shape index (κ1) is 22.8. The Morgan fingerprint density at radius 1 is 1.11 bits per heavy atom. The number of hydrogen-bond acceptors (Lipinski definition) is 2. The van der Waals surface area contributed by atoms with E-state index in [1.165, 1.54) is 51.4 Å². The lowest BCUT2D eigenvalue weighted by Crippen LogP contribution is -2.41. The molecule has 0 saturated heterocycles. The second-order valence-electron chi connectivity index (χ2n) is 11.0. The zero-order chi connectivity index (χ0) is 20.3. The summed E-state index contributed by atoms with van der Waals surface area (Å²) in [5.41, 5.74) is -0.515. The second kappa shape index (κ2) is 8.87. The molecule has 2 aliphatic rings. The quantitative estimate of drug-likeness (QED) is 0.562. The summed E-state index contributed by atoms with van der Waals surface area (Å²) in [6, 6.07) is 0. The Morgan fingerprint density at radius 2 is 1.81 bits per heavy atom. The summed E-state index contributed by atoms with van der Waals surface area (Å²) in [4.78, 5) is 0. The summed E-state index contributed by atoms with van der Waals surface area (Å²) in [5.74, 6) is 8.23. The van der Waals surface area contributed by atoms with Gasteiger partial charge in [0.2, 0.25) is 0 Å². The maximum atomic E-state index is 10.8. The molecular weight excluding hydrogens is 332 g/mol. The van der Waals surface area contributed by atoms with E-state index in [9.17, 15) is 10.2 Å². The lowest BCUT2D eigenvalue weighted by atomic mass is 9.58. The first-order valence-corrected chi connectivity index (χ1v) is 11.4. The molecule has 0 bridgehead atoms. The van der Waals surface area contributed by atoms with Gasteiger partial charge in [-0.3, -0.25) is 0 Å². The van der Waals surface area contributed by atoms with Crippen molar-refractivity contribution in [2.75, 3.05) is 0 Å². The molecule has 2 N–H and O–H groups in total.